The number of benzene rings is 1. The van der Waals surface area contributed by atoms with E-state index in [2.05, 4.69) is 15.0 Å². The first kappa shape index (κ1) is 13.5. The van der Waals surface area contributed by atoms with Crippen LogP contribution in [0.25, 0.3) is 22.6 Å². The zero-order chi connectivity index (χ0) is 14.4. The van der Waals surface area contributed by atoms with E-state index in [9.17, 15) is 8.78 Å². The highest BCUT2D eigenvalue weighted by atomic mass is 35.5. The molecule has 0 amide bonds. The van der Waals surface area contributed by atoms with Crippen molar-refractivity contribution in [1.29, 1.82) is 0 Å². The molecule has 0 spiro atoms. The molecular weight excluding hydrogens is 331 g/mol. The molecule has 8 heteroatoms. The first-order valence-corrected chi connectivity index (χ1v) is 6.46. The Hall–Kier alpha value is -1.43. The summed E-state index contributed by atoms with van der Waals surface area (Å²) in [5.41, 5.74) is 0.658. The second-order valence-electron chi connectivity index (χ2n) is 3.96. The summed E-state index contributed by atoms with van der Waals surface area (Å²) >= 11 is 17.1. The summed E-state index contributed by atoms with van der Waals surface area (Å²) in [7, 11) is 0. The van der Waals surface area contributed by atoms with Gasteiger partial charge in [-0.25, -0.2) is 18.7 Å². The lowest BCUT2D eigenvalue weighted by molar-refractivity contribution is 0.602. The number of hydrogen-bond donors (Lipinski definition) is 1. The van der Waals surface area contributed by atoms with Gasteiger partial charge in [-0.05, 0) is 18.2 Å². The summed E-state index contributed by atoms with van der Waals surface area (Å²) < 4.78 is 27.3. The van der Waals surface area contributed by atoms with Crippen molar-refractivity contribution in [2.45, 2.75) is 0 Å². The number of hydrogen-bond acceptors (Lipinski definition) is 2. The number of aromatic amines is 1. The van der Waals surface area contributed by atoms with Gasteiger partial charge in [-0.2, -0.15) is 0 Å². The fraction of sp³-hybridized carbons (Fsp3) is 0. The SMILES string of the molecule is Fc1cc(-c2nc3nc(Cl)c(Cl)cc3[nH]2)c(F)cc1Cl. The molecule has 102 valence electrons. The normalized spacial score (nSPS) is 11.2. The third-order valence-electron chi connectivity index (χ3n) is 2.65. The Bertz CT molecular complexity index is 793. The van der Waals surface area contributed by atoms with Crippen LogP contribution >= 0.6 is 34.8 Å². The minimum absolute atomic E-state index is 0.0582. The van der Waals surface area contributed by atoms with Crippen LogP contribution in [0.4, 0.5) is 8.78 Å². The monoisotopic (exact) mass is 333 g/mol. The highest BCUT2D eigenvalue weighted by Crippen LogP contribution is 2.29. The number of H-pyrrole nitrogens is 1. The summed E-state index contributed by atoms with van der Waals surface area (Å²) in [6.07, 6.45) is 0. The lowest BCUT2D eigenvalue weighted by atomic mass is 10.2. The van der Waals surface area contributed by atoms with E-state index >= 15 is 0 Å². The number of nitrogens with zero attached hydrogens (tertiary/aromatic N) is 2. The molecule has 2 aromatic heterocycles. The minimum Gasteiger partial charge on any atom is -0.336 e. The first-order valence-electron chi connectivity index (χ1n) is 5.32. The van der Waals surface area contributed by atoms with E-state index in [1.165, 1.54) is 6.07 Å². The van der Waals surface area contributed by atoms with Crippen LogP contribution in [-0.2, 0) is 0 Å². The fourth-order valence-corrected chi connectivity index (χ4v) is 2.16. The molecule has 1 N–H and O–H groups in total. The highest BCUT2D eigenvalue weighted by molar-refractivity contribution is 6.41. The Morgan fingerprint density at radius 2 is 1.65 bits per heavy atom. The third-order valence-corrected chi connectivity index (χ3v) is 3.61. The van der Waals surface area contributed by atoms with Crippen LogP contribution in [0.15, 0.2) is 18.2 Å². The first-order chi connectivity index (χ1) is 9.45. The molecule has 1 aromatic carbocycles. The van der Waals surface area contributed by atoms with Crippen LogP contribution < -0.4 is 0 Å². The van der Waals surface area contributed by atoms with Crippen LogP contribution in [0.3, 0.4) is 0 Å². The predicted molar refractivity (Wildman–Crippen MR) is 74.3 cm³/mol. The predicted octanol–water partition coefficient (Wildman–Crippen LogP) is 4.86. The molecule has 3 nitrogen and oxygen atoms in total. The van der Waals surface area contributed by atoms with Gasteiger partial charge in [0.05, 0.1) is 21.1 Å². The molecular formula is C12H4Cl3F2N3. The average Bonchev–Trinajstić information content (AvgIpc) is 2.77. The van der Waals surface area contributed by atoms with Crippen molar-refractivity contribution >= 4 is 46.0 Å². The molecule has 0 saturated heterocycles. The van der Waals surface area contributed by atoms with Gasteiger partial charge >= 0.3 is 0 Å². The molecule has 0 fully saturated rings. The van der Waals surface area contributed by atoms with Gasteiger partial charge in [0.2, 0.25) is 0 Å². The molecule has 3 rings (SSSR count). The van der Waals surface area contributed by atoms with Gasteiger partial charge < -0.3 is 4.98 Å². The van der Waals surface area contributed by atoms with E-state index in [4.69, 9.17) is 34.8 Å². The van der Waals surface area contributed by atoms with Crippen molar-refractivity contribution in [1.82, 2.24) is 15.0 Å². The molecule has 0 radical (unpaired) electrons. The van der Waals surface area contributed by atoms with Crippen LogP contribution in [0.1, 0.15) is 0 Å². The number of imidazole rings is 1. The second-order valence-corrected chi connectivity index (χ2v) is 5.14. The molecule has 0 bridgehead atoms. The lowest BCUT2D eigenvalue weighted by Gasteiger charge is -2.01. The quantitative estimate of drug-likeness (QED) is 0.510. The van der Waals surface area contributed by atoms with Crippen molar-refractivity contribution < 1.29 is 8.78 Å². The topological polar surface area (TPSA) is 41.6 Å². The third kappa shape index (κ3) is 2.22. The number of nitrogens with one attached hydrogen (secondary N) is 1. The van der Waals surface area contributed by atoms with E-state index in [0.717, 1.165) is 12.1 Å². The standard InChI is InChI=1S/C12H4Cl3F2N3/c13-5-2-7(16)4(1-8(5)17)11-18-9-3-6(14)10(15)19-12(9)20-11/h1-3H,(H,18,19,20). The van der Waals surface area contributed by atoms with Gasteiger partial charge in [-0.15, -0.1) is 0 Å². The maximum atomic E-state index is 13.8. The summed E-state index contributed by atoms with van der Waals surface area (Å²) in [5.74, 6) is -1.33. The van der Waals surface area contributed by atoms with E-state index in [0.29, 0.717) is 5.52 Å². The van der Waals surface area contributed by atoms with Gasteiger partial charge in [0, 0.05) is 0 Å². The number of aromatic nitrogens is 3. The second kappa shape index (κ2) is 4.84. The maximum Gasteiger partial charge on any atom is 0.179 e. The zero-order valence-electron chi connectivity index (χ0n) is 9.52. The molecule has 0 unspecified atom stereocenters. The molecule has 0 aliphatic rings. The van der Waals surface area contributed by atoms with Gasteiger partial charge in [0.15, 0.2) is 5.65 Å². The Balaban J connectivity index is 2.22. The Morgan fingerprint density at radius 3 is 2.40 bits per heavy atom. The van der Waals surface area contributed by atoms with Crippen molar-refractivity contribution in [3.05, 3.63) is 45.0 Å². The van der Waals surface area contributed by atoms with Gasteiger partial charge in [0.1, 0.15) is 22.6 Å². The Morgan fingerprint density at radius 1 is 0.900 bits per heavy atom. The average molecular weight is 335 g/mol. The van der Waals surface area contributed by atoms with Crippen molar-refractivity contribution in [2.75, 3.05) is 0 Å². The van der Waals surface area contributed by atoms with Gasteiger partial charge in [-0.3, -0.25) is 0 Å². The van der Waals surface area contributed by atoms with Crippen molar-refractivity contribution in [3.63, 3.8) is 0 Å². The molecule has 2 heterocycles. The molecule has 20 heavy (non-hydrogen) atoms. The number of rotatable bonds is 1. The maximum absolute atomic E-state index is 13.8. The number of halogens is 5. The summed E-state index contributed by atoms with van der Waals surface area (Å²) in [6.45, 7) is 0. The minimum atomic E-state index is -0.743. The van der Waals surface area contributed by atoms with Gasteiger partial charge in [0.25, 0.3) is 0 Å². The number of pyridine rings is 1. The van der Waals surface area contributed by atoms with E-state index in [1.807, 2.05) is 0 Å². The Labute approximate surface area is 126 Å². The van der Waals surface area contributed by atoms with Crippen molar-refractivity contribution in [2.24, 2.45) is 0 Å². The van der Waals surface area contributed by atoms with Crippen LogP contribution in [-0.4, -0.2) is 15.0 Å². The molecule has 0 aliphatic carbocycles. The summed E-state index contributed by atoms with van der Waals surface area (Å²) in [4.78, 5) is 10.8. The molecule has 3 aromatic rings. The zero-order valence-corrected chi connectivity index (χ0v) is 11.8. The summed E-state index contributed by atoms with van der Waals surface area (Å²) in [6, 6.07) is 3.35. The molecule has 0 saturated carbocycles. The molecule has 0 aliphatic heterocycles. The number of fused-ring (bicyclic) bond motifs is 1. The van der Waals surface area contributed by atoms with Crippen LogP contribution in [0.5, 0.6) is 0 Å². The van der Waals surface area contributed by atoms with Crippen molar-refractivity contribution in [3.8, 4) is 11.4 Å². The van der Waals surface area contributed by atoms with Gasteiger partial charge in [-0.1, -0.05) is 34.8 Å². The summed E-state index contributed by atoms with van der Waals surface area (Å²) in [5, 5.41) is 0.0173. The van der Waals surface area contributed by atoms with E-state index in [1.54, 1.807) is 0 Å². The van der Waals surface area contributed by atoms with E-state index < -0.39 is 11.6 Å². The highest BCUT2D eigenvalue weighted by Gasteiger charge is 2.15. The van der Waals surface area contributed by atoms with Crippen LogP contribution in [0, 0.1) is 11.6 Å². The molecule has 0 atom stereocenters. The largest absolute Gasteiger partial charge is 0.336 e. The lowest BCUT2D eigenvalue weighted by Crippen LogP contribution is -1.89. The smallest absolute Gasteiger partial charge is 0.179 e. The van der Waals surface area contributed by atoms with Crippen LogP contribution in [0.2, 0.25) is 15.2 Å². The van der Waals surface area contributed by atoms with E-state index in [-0.39, 0.29) is 32.2 Å². The fourth-order valence-electron chi connectivity index (χ4n) is 1.73. The Kier molecular flexibility index (Phi) is 3.28.